The summed E-state index contributed by atoms with van der Waals surface area (Å²) in [7, 11) is 0. The first kappa shape index (κ1) is 33.2. The van der Waals surface area contributed by atoms with E-state index in [0.29, 0.717) is 17.8 Å². The largest absolute Gasteiger partial charge is 0.275 e. The normalized spacial score (nSPS) is 21.4. The van der Waals surface area contributed by atoms with Crippen molar-refractivity contribution in [2.45, 2.75) is 32.6 Å². The molecule has 2 heteroatoms. The second-order valence-corrected chi connectivity index (χ2v) is 17.8. The summed E-state index contributed by atoms with van der Waals surface area (Å²) in [5, 5.41) is 12.7. The Morgan fingerprint density at radius 2 is 1.14 bits per heavy atom. The highest BCUT2D eigenvalue weighted by Crippen LogP contribution is 2.62. The number of aromatic nitrogens is 1. The van der Waals surface area contributed by atoms with E-state index in [1.807, 2.05) is 16.5 Å². The lowest BCUT2D eigenvalue weighted by molar-refractivity contribution is 0.159. The molecule has 13 rings (SSSR count). The number of hydrogen-bond acceptors (Lipinski definition) is 1. The summed E-state index contributed by atoms with van der Waals surface area (Å²) >= 11 is 0. The number of nitrogens with zero attached hydrogens (tertiary/aromatic N) is 1. The molecule has 3 aliphatic carbocycles. The average Bonchev–Trinajstić information content (AvgIpc) is 3.62. The van der Waals surface area contributed by atoms with Gasteiger partial charge in [-0.15, -0.1) is 0 Å². The smallest absolute Gasteiger partial charge is 0.263 e. The highest BCUT2D eigenvalue weighted by Gasteiger charge is 2.50. The molecule has 10 aromatic rings. The van der Waals surface area contributed by atoms with Crippen molar-refractivity contribution in [2.75, 3.05) is 0 Å². The van der Waals surface area contributed by atoms with Crippen molar-refractivity contribution in [1.82, 2.24) is 4.40 Å². The Bertz CT molecular complexity index is 3600. The zero-order chi connectivity index (χ0) is 39.1. The highest BCUT2D eigenvalue weighted by atomic mass is 16.1. The van der Waals surface area contributed by atoms with E-state index >= 15 is 0 Å². The summed E-state index contributed by atoms with van der Waals surface area (Å²) in [6.07, 6.45) is 11.8. The molecule has 0 saturated carbocycles. The lowest BCUT2D eigenvalue weighted by Gasteiger charge is -2.53. The number of pyridine rings is 1. The Hall–Kier alpha value is -6.77. The standard InChI is InChI=1S/C57H41NO/c1-33-12-11-21-46-42-17-7-9-19-45(42)52-26-23-36(32-57(52,2)54(33)46)34-24-27-53-49(29-34)51-31-37(30-50-43-18-8-10-20-47(43)56(59)58(53)55(50)51)35-22-25-44-40-15-4-3-13-38(40)39-14-5-6-16-41(39)48(44)28-35/h3-11,13-31,33,46,54H,12,32H2,1-2H3. The van der Waals surface area contributed by atoms with Crippen molar-refractivity contribution in [3.05, 3.63) is 197 Å². The molecule has 0 aliphatic heterocycles. The topological polar surface area (TPSA) is 21.5 Å². The van der Waals surface area contributed by atoms with Crippen molar-refractivity contribution in [2.24, 2.45) is 17.3 Å². The zero-order valence-electron chi connectivity index (χ0n) is 33.2. The number of rotatable bonds is 2. The van der Waals surface area contributed by atoms with Crippen LogP contribution in [0, 0.1) is 17.3 Å². The molecule has 3 aliphatic rings. The number of allylic oxidation sites excluding steroid dienone is 6. The van der Waals surface area contributed by atoms with Gasteiger partial charge >= 0.3 is 0 Å². The Kier molecular flexibility index (Phi) is 6.70. The molecule has 8 aromatic carbocycles. The lowest BCUT2D eigenvalue weighted by Crippen LogP contribution is -2.42. The van der Waals surface area contributed by atoms with E-state index < -0.39 is 0 Å². The first-order valence-electron chi connectivity index (χ1n) is 21.2. The highest BCUT2D eigenvalue weighted by molar-refractivity contribution is 6.26. The summed E-state index contributed by atoms with van der Waals surface area (Å²) in [6, 6.07) is 53.3. The first-order chi connectivity index (χ1) is 29.0. The molecule has 4 unspecified atom stereocenters. The van der Waals surface area contributed by atoms with Crippen LogP contribution in [-0.4, -0.2) is 4.40 Å². The molecular weight excluding hydrogens is 715 g/mol. The Labute approximate surface area is 342 Å². The SMILES string of the molecule is CC1CC=CC2c3ccccc3C3=CC=C(c4ccc5c(c4)c4cc(-c6ccc7c8ccccc8c8ccccc8c7c6)cc6c7ccccc7c(=O)n5c64)CC3(C)C12. The van der Waals surface area contributed by atoms with E-state index in [-0.39, 0.29) is 11.0 Å². The van der Waals surface area contributed by atoms with Gasteiger partial charge in [-0.25, -0.2) is 0 Å². The van der Waals surface area contributed by atoms with Gasteiger partial charge in [0.2, 0.25) is 0 Å². The third-order valence-electron chi connectivity index (χ3n) is 14.8. The van der Waals surface area contributed by atoms with Crippen molar-refractivity contribution < 1.29 is 0 Å². The molecule has 2 nitrogen and oxygen atoms in total. The summed E-state index contributed by atoms with van der Waals surface area (Å²) in [5.74, 6) is 1.54. The molecule has 0 bridgehead atoms. The van der Waals surface area contributed by atoms with E-state index in [2.05, 4.69) is 172 Å². The van der Waals surface area contributed by atoms with Gasteiger partial charge in [-0.1, -0.05) is 147 Å². The second kappa shape index (κ2) is 11.9. The molecule has 0 amide bonds. The maximum absolute atomic E-state index is 14.5. The molecule has 2 aromatic heterocycles. The van der Waals surface area contributed by atoms with Crippen LogP contribution in [0.15, 0.2) is 175 Å². The van der Waals surface area contributed by atoms with Crippen LogP contribution >= 0.6 is 0 Å². The van der Waals surface area contributed by atoms with E-state index in [9.17, 15) is 4.79 Å². The predicted molar refractivity (Wildman–Crippen MR) is 250 cm³/mol. The van der Waals surface area contributed by atoms with E-state index in [0.717, 1.165) is 56.4 Å². The summed E-state index contributed by atoms with van der Waals surface area (Å²) < 4.78 is 1.99. The van der Waals surface area contributed by atoms with Crippen LogP contribution in [0.4, 0.5) is 0 Å². The molecule has 0 fully saturated rings. The fourth-order valence-electron chi connectivity index (χ4n) is 12.3. The van der Waals surface area contributed by atoms with Gasteiger partial charge in [0, 0.05) is 32.9 Å². The predicted octanol–water partition coefficient (Wildman–Crippen LogP) is 14.5. The monoisotopic (exact) mass is 755 g/mol. The van der Waals surface area contributed by atoms with Crippen molar-refractivity contribution in [3.63, 3.8) is 0 Å². The van der Waals surface area contributed by atoms with Gasteiger partial charge in [0.25, 0.3) is 5.56 Å². The molecule has 59 heavy (non-hydrogen) atoms. The van der Waals surface area contributed by atoms with Crippen LogP contribution in [-0.2, 0) is 0 Å². The van der Waals surface area contributed by atoms with Gasteiger partial charge in [0.05, 0.1) is 11.0 Å². The maximum atomic E-state index is 14.5. The third-order valence-corrected chi connectivity index (χ3v) is 14.8. The molecular formula is C57H41NO. The Morgan fingerprint density at radius 3 is 1.88 bits per heavy atom. The van der Waals surface area contributed by atoms with E-state index in [1.165, 1.54) is 65.7 Å². The Morgan fingerprint density at radius 1 is 0.559 bits per heavy atom. The summed E-state index contributed by atoms with van der Waals surface area (Å²) in [5.41, 5.74) is 11.3. The van der Waals surface area contributed by atoms with Gasteiger partial charge in [0.1, 0.15) is 0 Å². The van der Waals surface area contributed by atoms with Gasteiger partial charge in [0.15, 0.2) is 0 Å². The van der Waals surface area contributed by atoms with Crippen LogP contribution in [0.5, 0.6) is 0 Å². The molecule has 280 valence electrons. The van der Waals surface area contributed by atoms with E-state index in [4.69, 9.17) is 0 Å². The average molecular weight is 756 g/mol. The minimum atomic E-state index is 0.00266. The third kappa shape index (κ3) is 4.44. The number of hydrogen-bond donors (Lipinski definition) is 0. The second-order valence-electron chi connectivity index (χ2n) is 17.8. The number of fused-ring (bicyclic) bond motifs is 17. The number of benzene rings is 8. The van der Waals surface area contributed by atoms with Crippen molar-refractivity contribution in [1.29, 1.82) is 0 Å². The first-order valence-corrected chi connectivity index (χ1v) is 21.2. The van der Waals surface area contributed by atoms with Crippen LogP contribution in [0.3, 0.4) is 0 Å². The van der Waals surface area contributed by atoms with Gasteiger partial charge in [-0.2, -0.15) is 0 Å². The van der Waals surface area contributed by atoms with Crippen molar-refractivity contribution in [3.8, 4) is 11.1 Å². The minimum Gasteiger partial charge on any atom is -0.275 e. The van der Waals surface area contributed by atoms with Crippen LogP contribution in [0.1, 0.15) is 49.3 Å². The minimum absolute atomic E-state index is 0.00266. The van der Waals surface area contributed by atoms with E-state index in [1.54, 1.807) is 0 Å². The fourth-order valence-corrected chi connectivity index (χ4v) is 12.3. The maximum Gasteiger partial charge on any atom is 0.263 e. The summed E-state index contributed by atoms with van der Waals surface area (Å²) in [6.45, 7) is 4.99. The quantitative estimate of drug-likeness (QED) is 0.127. The molecule has 0 radical (unpaired) electrons. The molecule has 0 saturated heterocycles. The van der Waals surface area contributed by atoms with Gasteiger partial charge in [-0.3, -0.25) is 9.20 Å². The van der Waals surface area contributed by atoms with Crippen LogP contribution in [0.2, 0.25) is 0 Å². The molecule has 4 atom stereocenters. The van der Waals surface area contributed by atoms with Gasteiger partial charge < -0.3 is 0 Å². The Balaban J connectivity index is 1.05. The molecule has 0 N–H and O–H groups in total. The molecule has 2 heterocycles. The summed E-state index contributed by atoms with van der Waals surface area (Å²) in [4.78, 5) is 14.5. The van der Waals surface area contributed by atoms with Gasteiger partial charge in [-0.05, 0) is 138 Å². The zero-order valence-corrected chi connectivity index (χ0v) is 33.2. The van der Waals surface area contributed by atoms with Crippen LogP contribution < -0.4 is 5.56 Å². The lowest BCUT2D eigenvalue weighted by atomic mass is 9.50. The van der Waals surface area contributed by atoms with Crippen LogP contribution in [0.25, 0.3) is 92.6 Å². The molecule has 0 spiro atoms. The van der Waals surface area contributed by atoms with Crippen molar-refractivity contribution >= 4 is 81.4 Å². The fraction of sp³-hybridized carbons (Fsp3) is 0.140.